The lowest BCUT2D eigenvalue weighted by Gasteiger charge is -2.28. The van der Waals surface area contributed by atoms with Crippen molar-refractivity contribution in [2.45, 2.75) is 19.9 Å². The molecule has 0 atom stereocenters. The minimum atomic E-state index is -3.23. The zero-order valence-corrected chi connectivity index (χ0v) is 16.5. The molecule has 0 unspecified atom stereocenters. The Kier molecular flexibility index (Phi) is 6.04. The number of halogens is 1. The van der Waals surface area contributed by atoms with Crippen LogP contribution in [0.3, 0.4) is 0 Å². The van der Waals surface area contributed by atoms with Gasteiger partial charge in [-0.05, 0) is 48.7 Å². The standard InChI is InChI=1S/C19H21ClN2O4S/c1-2-27(24,25)22-10-9-14-7-8-16(11-15(14)12-22)21-19(23)13-26-18-6-4-3-5-17(18)20/h3-8,11H,2,9-10,12-13H2,1H3,(H,21,23). The summed E-state index contributed by atoms with van der Waals surface area (Å²) in [4.78, 5) is 12.1. The molecule has 1 N–H and O–H groups in total. The molecule has 2 aromatic carbocycles. The topological polar surface area (TPSA) is 75.7 Å². The van der Waals surface area contributed by atoms with E-state index in [4.69, 9.17) is 16.3 Å². The number of anilines is 1. The molecular weight excluding hydrogens is 388 g/mol. The Balaban J connectivity index is 1.64. The number of carbonyl (C=O) groups excluding carboxylic acids is 1. The molecule has 8 heteroatoms. The van der Waals surface area contributed by atoms with Gasteiger partial charge in [0.05, 0.1) is 10.8 Å². The third-order valence-corrected chi connectivity index (χ3v) is 6.56. The fourth-order valence-electron chi connectivity index (χ4n) is 2.93. The van der Waals surface area contributed by atoms with E-state index < -0.39 is 10.0 Å². The molecule has 1 amide bonds. The summed E-state index contributed by atoms with van der Waals surface area (Å²) in [6.07, 6.45) is 0.665. The lowest BCUT2D eigenvalue weighted by Crippen LogP contribution is -2.36. The summed E-state index contributed by atoms with van der Waals surface area (Å²) in [5.41, 5.74) is 2.61. The number of amides is 1. The highest BCUT2D eigenvalue weighted by atomic mass is 35.5. The van der Waals surface area contributed by atoms with E-state index in [0.717, 1.165) is 11.1 Å². The minimum absolute atomic E-state index is 0.0815. The van der Waals surface area contributed by atoms with Crippen LogP contribution in [0.4, 0.5) is 5.69 Å². The third kappa shape index (κ3) is 4.80. The van der Waals surface area contributed by atoms with Crippen LogP contribution >= 0.6 is 11.6 Å². The number of benzene rings is 2. The average Bonchev–Trinajstić information content (AvgIpc) is 2.66. The Bertz CT molecular complexity index is 946. The smallest absolute Gasteiger partial charge is 0.262 e. The highest BCUT2D eigenvalue weighted by Crippen LogP contribution is 2.25. The first-order chi connectivity index (χ1) is 12.9. The maximum absolute atomic E-state index is 12.1. The van der Waals surface area contributed by atoms with Crippen LogP contribution in [-0.2, 0) is 27.8 Å². The Hall–Kier alpha value is -2.09. The van der Waals surface area contributed by atoms with E-state index >= 15 is 0 Å². The van der Waals surface area contributed by atoms with Crippen LogP contribution in [0.1, 0.15) is 18.1 Å². The SMILES string of the molecule is CCS(=O)(=O)N1CCc2ccc(NC(=O)COc3ccccc3Cl)cc2C1. The van der Waals surface area contributed by atoms with Crippen molar-refractivity contribution in [2.24, 2.45) is 0 Å². The van der Waals surface area contributed by atoms with Crippen LogP contribution in [0.5, 0.6) is 5.75 Å². The van der Waals surface area contributed by atoms with Gasteiger partial charge in [0, 0.05) is 18.8 Å². The second-order valence-electron chi connectivity index (χ2n) is 6.23. The second kappa shape index (κ2) is 8.29. The summed E-state index contributed by atoms with van der Waals surface area (Å²) in [5, 5.41) is 3.22. The van der Waals surface area contributed by atoms with E-state index in [9.17, 15) is 13.2 Å². The molecule has 0 saturated heterocycles. The predicted molar refractivity (Wildman–Crippen MR) is 106 cm³/mol. The first-order valence-electron chi connectivity index (χ1n) is 8.66. The quantitative estimate of drug-likeness (QED) is 0.797. The van der Waals surface area contributed by atoms with E-state index in [1.807, 2.05) is 18.2 Å². The molecule has 1 aliphatic heterocycles. The fourth-order valence-corrected chi connectivity index (χ4v) is 4.19. The van der Waals surface area contributed by atoms with Crippen molar-refractivity contribution in [1.82, 2.24) is 4.31 Å². The zero-order valence-electron chi connectivity index (χ0n) is 14.9. The zero-order chi connectivity index (χ0) is 19.4. The summed E-state index contributed by atoms with van der Waals surface area (Å²) in [7, 11) is -3.23. The van der Waals surface area contributed by atoms with Gasteiger partial charge in [0.2, 0.25) is 10.0 Å². The number of hydrogen-bond acceptors (Lipinski definition) is 4. The fraction of sp³-hybridized carbons (Fsp3) is 0.316. The highest BCUT2D eigenvalue weighted by molar-refractivity contribution is 7.89. The molecule has 0 saturated carbocycles. The number of fused-ring (bicyclic) bond motifs is 1. The molecule has 0 spiro atoms. The van der Waals surface area contributed by atoms with Gasteiger partial charge in [-0.3, -0.25) is 4.79 Å². The molecular formula is C19H21ClN2O4S. The Morgan fingerprint density at radius 3 is 2.74 bits per heavy atom. The van der Waals surface area contributed by atoms with Gasteiger partial charge < -0.3 is 10.1 Å². The highest BCUT2D eigenvalue weighted by Gasteiger charge is 2.25. The van der Waals surface area contributed by atoms with Crippen LogP contribution in [-0.4, -0.2) is 37.5 Å². The van der Waals surface area contributed by atoms with Gasteiger partial charge in [0.1, 0.15) is 5.75 Å². The monoisotopic (exact) mass is 408 g/mol. The van der Waals surface area contributed by atoms with Crippen LogP contribution in [0.2, 0.25) is 5.02 Å². The van der Waals surface area contributed by atoms with Crippen molar-refractivity contribution < 1.29 is 17.9 Å². The number of sulfonamides is 1. The molecule has 0 aliphatic carbocycles. The summed E-state index contributed by atoms with van der Waals surface area (Å²) in [6.45, 7) is 2.28. The molecule has 27 heavy (non-hydrogen) atoms. The Morgan fingerprint density at radius 2 is 2.00 bits per heavy atom. The largest absolute Gasteiger partial charge is 0.482 e. The number of carbonyl (C=O) groups is 1. The van der Waals surface area contributed by atoms with E-state index in [-0.39, 0.29) is 18.3 Å². The number of nitrogens with one attached hydrogen (secondary N) is 1. The predicted octanol–water partition coefficient (Wildman–Crippen LogP) is 3.07. The van der Waals surface area contributed by atoms with Crippen molar-refractivity contribution in [2.75, 3.05) is 24.2 Å². The number of hydrogen-bond donors (Lipinski definition) is 1. The lowest BCUT2D eigenvalue weighted by molar-refractivity contribution is -0.118. The van der Waals surface area contributed by atoms with Crippen LogP contribution in [0, 0.1) is 0 Å². The number of para-hydroxylation sites is 1. The minimum Gasteiger partial charge on any atom is -0.482 e. The van der Waals surface area contributed by atoms with Gasteiger partial charge in [0.15, 0.2) is 6.61 Å². The first kappa shape index (κ1) is 19.7. The van der Waals surface area contributed by atoms with Gasteiger partial charge in [-0.15, -0.1) is 0 Å². The van der Waals surface area contributed by atoms with Crippen molar-refractivity contribution >= 4 is 33.2 Å². The molecule has 0 aromatic heterocycles. The maximum Gasteiger partial charge on any atom is 0.262 e. The van der Waals surface area contributed by atoms with Crippen LogP contribution in [0.15, 0.2) is 42.5 Å². The Morgan fingerprint density at radius 1 is 1.22 bits per heavy atom. The molecule has 1 heterocycles. The van der Waals surface area contributed by atoms with E-state index in [2.05, 4.69) is 5.32 Å². The number of ether oxygens (including phenoxy) is 1. The van der Waals surface area contributed by atoms with Gasteiger partial charge >= 0.3 is 0 Å². The average molecular weight is 409 g/mol. The first-order valence-corrected chi connectivity index (χ1v) is 10.6. The van der Waals surface area contributed by atoms with E-state index in [0.29, 0.717) is 36.0 Å². The van der Waals surface area contributed by atoms with Crippen LogP contribution in [0.25, 0.3) is 0 Å². The number of rotatable bonds is 6. The Labute approximate surface area is 164 Å². The molecule has 6 nitrogen and oxygen atoms in total. The van der Waals surface area contributed by atoms with Gasteiger partial charge in [-0.25, -0.2) is 8.42 Å². The van der Waals surface area contributed by atoms with Crippen molar-refractivity contribution in [1.29, 1.82) is 0 Å². The summed E-state index contributed by atoms with van der Waals surface area (Å²) in [5.74, 6) is 0.210. The molecule has 2 aromatic rings. The van der Waals surface area contributed by atoms with Gasteiger partial charge in [0.25, 0.3) is 5.91 Å². The van der Waals surface area contributed by atoms with Crippen molar-refractivity contribution in [3.05, 3.63) is 58.6 Å². The van der Waals surface area contributed by atoms with E-state index in [1.165, 1.54) is 4.31 Å². The van der Waals surface area contributed by atoms with Gasteiger partial charge in [-0.2, -0.15) is 4.31 Å². The van der Waals surface area contributed by atoms with Gasteiger partial charge in [-0.1, -0.05) is 29.8 Å². The summed E-state index contributed by atoms with van der Waals surface area (Å²) < 4.78 is 31.1. The lowest BCUT2D eigenvalue weighted by atomic mass is 10.0. The number of nitrogens with zero attached hydrogens (tertiary/aromatic N) is 1. The molecule has 0 radical (unpaired) electrons. The molecule has 3 rings (SSSR count). The van der Waals surface area contributed by atoms with Crippen molar-refractivity contribution in [3.63, 3.8) is 0 Å². The van der Waals surface area contributed by atoms with Crippen molar-refractivity contribution in [3.8, 4) is 5.75 Å². The summed E-state index contributed by atoms with van der Waals surface area (Å²) >= 11 is 6.00. The molecule has 0 bridgehead atoms. The third-order valence-electron chi connectivity index (χ3n) is 4.42. The van der Waals surface area contributed by atoms with E-state index in [1.54, 1.807) is 31.2 Å². The normalized spacial score (nSPS) is 14.4. The second-order valence-corrected chi connectivity index (χ2v) is 8.90. The maximum atomic E-state index is 12.1. The molecule has 144 valence electrons. The molecule has 0 fully saturated rings. The summed E-state index contributed by atoms with van der Waals surface area (Å²) in [6, 6.07) is 12.5. The molecule has 1 aliphatic rings. The van der Waals surface area contributed by atoms with Crippen LogP contribution < -0.4 is 10.1 Å².